The average Bonchev–Trinajstić information content (AvgIpc) is 2.68. The van der Waals surface area contributed by atoms with Gasteiger partial charge < -0.3 is 4.74 Å². The van der Waals surface area contributed by atoms with Crippen LogP contribution < -0.4 is 9.64 Å². The second-order valence-electron chi connectivity index (χ2n) is 5.74. The maximum absolute atomic E-state index is 13.0. The molecule has 0 aliphatic heterocycles. The summed E-state index contributed by atoms with van der Waals surface area (Å²) in [5.41, 5.74) is 0.583. The molecule has 28 heavy (non-hydrogen) atoms. The van der Waals surface area contributed by atoms with Gasteiger partial charge in [0.15, 0.2) is 0 Å². The number of aromatic nitrogens is 2. The zero-order chi connectivity index (χ0) is 20.3. The van der Waals surface area contributed by atoms with Crippen molar-refractivity contribution in [2.75, 3.05) is 11.9 Å². The number of ether oxygens (including phenoxy) is 1. The lowest BCUT2D eigenvalue weighted by Crippen LogP contribution is -2.29. The molecule has 0 bridgehead atoms. The minimum Gasteiger partial charge on any atom is -0.410 e. The summed E-state index contributed by atoms with van der Waals surface area (Å²) in [5, 5.41) is -0.446. The van der Waals surface area contributed by atoms with Gasteiger partial charge in [0, 0.05) is 30.7 Å². The van der Waals surface area contributed by atoms with Crippen LogP contribution in [0.1, 0.15) is 5.56 Å². The van der Waals surface area contributed by atoms with E-state index in [1.807, 2.05) is 0 Å². The lowest BCUT2D eigenvalue weighted by atomic mass is 10.1. The van der Waals surface area contributed by atoms with Crippen molar-refractivity contribution in [1.29, 1.82) is 0 Å². The van der Waals surface area contributed by atoms with Gasteiger partial charge in [-0.25, -0.2) is 14.8 Å². The standard InChI is InChI=1S/C19H13ClF3N3O2/c1-26(14-4-7-17(20)16(8-14)19(21,22)23)18(27)28-15-5-2-12(3-6-15)13-9-24-11-25-10-13/h2-11H,1H3. The van der Waals surface area contributed by atoms with Gasteiger partial charge in [-0.2, -0.15) is 13.2 Å². The van der Waals surface area contributed by atoms with E-state index >= 15 is 0 Å². The Morgan fingerprint density at radius 3 is 2.29 bits per heavy atom. The molecular formula is C19H13ClF3N3O2. The monoisotopic (exact) mass is 407 g/mol. The molecule has 5 nitrogen and oxygen atoms in total. The van der Waals surface area contributed by atoms with E-state index in [-0.39, 0.29) is 11.4 Å². The van der Waals surface area contributed by atoms with Crippen LogP contribution in [0, 0.1) is 0 Å². The fraction of sp³-hybridized carbons (Fsp3) is 0.105. The van der Waals surface area contributed by atoms with Crippen LogP contribution in [-0.2, 0) is 6.18 Å². The number of amides is 1. The van der Waals surface area contributed by atoms with Gasteiger partial charge in [0.2, 0.25) is 0 Å². The molecule has 1 aromatic heterocycles. The third-order valence-corrected chi connectivity index (χ3v) is 4.20. The molecule has 0 spiro atoms. The van der Waals surface area contributed by atoms with Gasteiger partial charge in [0.25, 0.3) is 0 Å². The molecule has 3 aromatic rings. The van der Waals surface area contributed by atoms with Crippen molar-refractivity contribution in [1.82, 2.24) is 9.97 Å². The van der Waals surface area contributed by atoms with Crippen LogP contribution in [0.3, 0.4) is 0 Å². The van der Waals surface area contributed by atoms with E-state index in [0.717, 1.165) is 28.2 Å². The van der Waals surface area contributed by atoms with Crippen LogP contribution in [0.4, 0.5) is 23.7 Å². The first-order chi connectivity index (χ1) is 13.3. The van der Waals surface area contributed by atoms with E-state index in [0.29, 0.717) is 0 Å². The molecule has 1 amide bonds. The molecule has 0 saturated carbocycles. The molecule has 1 heterocycles. The summed E-state index contributed by atoms with van der Waals surface area (Å²) in [6.45, 7) is 0. The smallest absolute Gasteiger partial charge is 0.410 e. The number of anilines is 1. The Bertz CT molecular complexity index is 980. The zero-order valence-corrected chi connectivity index (χ0v) is 15.2. The average molecular weight is 408 g/mol. The highest BCUT2D eigenvalue weighted by Crippen LogP contribution is 2.37. The fourth-order valence-electron chi connectivity index (χ4n) is 2.38. The molecule has 9 heteroatoms. The Morgan fingerprint density at radius 2 is 1.68 bits per heavy atom. The van der Waals surface area contributed by atoms with Gasteiger partial charge in [-0.1, -0.05) is 23.7 Å². The molecule has 0 N–H and O–H groups in total. The molecule has 0 saturated heterocycles. The van der Waals surface area contributed by atoms with Gasteiger partial charge in [0.05, 0.1) is 10.6 Å². The number of carbonyl (C=O) groups is 1. The molecular weight excluding hydrogens is 395 g/mol. The Labute approximate surface area is 163 Å². The summed E-state index contributed by atoms with van der Waals surface area (Å²) in [7, 11) is 1.31. The highest BCUT2D eigenvalue weighted by molar-refractivity contribution is 6.31. The zero-order valence-electron chi connectivity index (χ0n) is 14.4. The largest absolute Gasteiger partial charge is 0.419 e. The van der Waals surface area contributed by atoms with Crippen LogP contribution in [-0.4, -0.2) is 23.1 Å². The Morgan fingerprint density at radius 1 is 1.04 bits per heavy atom. The van der Waals surface area contributed by atoms with Crippen molar-refractivity contribution in [3.63, 3.8) is 0 Å². The third kappa shape index (κ3) is 4.40. The number of hydrogen-bond donors (Lipinski definition) is 0. The number of benzene rings is 2. The Hall–Kier alpha value is -3.13. The van der Waals surface area contributed by atoms with Crippen LogP contribution in [0.15, 0.2) is 61.2 Å². The summed E-state index contributed by atoms with van der Waals surface area (Å²) >= 11 is 5.60. The lowest BCUT2D eigenvalue weighted by Gasteiger charge is -2.19. The maximum atomic E-state index is 13.0. The van der Waals surface area contributed by atoms with Gasteiger partial charge in [0.1, 0.15) is 12.1 Å². The van der Waals surface area contributed by atoms with Gasteiger partial charge >= 0.3 is 12.3 Å². The molecule has 0 aliphatic rings. The molecule has 0 fully saturated rings. The summed E-state index contributed by atoms with van der Waals surface area (Å²) in [5.74, 6) is 0.238. The first kappa shape index (κ1) is 19.6. The quantitative estimate of drug-likeness (QED) is 0.579. The Kier molecular flexibility index (Phi) is 5.51. The molecule has 0 aliphatic carbocycles. The van der Waals surface area contributed by atoms with Crippen molar-refractivity contribution < 1.29 is 22.7 Å². The normalized spacial score (nSPS) is 11.2. The highest BCUT2D eigenvalue weighted by atomic mass is 35.5. The SMILES string of the molecule is CN(C(=O)Oc1ccc(-c2cncnc2)cc1)c1ccc(Cl)c(C(F)(F)F)c1. The predicted octanol–water partition coefficient (Wildman–Crippen LogP) is 5.45. The van der Waals surface area contributed by atoms with Gasteiger partial charge in [-0.05, 0) is 35.9 Å². The summed E-state index contributed by atoms with van der Waals surface area (Å²) in [6, 6.07) is 9.74. The number of halogens is 4. The molecule has 2 aromatic carbocycles. The van der Waals surface area contributed by atoms with Crippen molar-refractivity contribution >= 4 is 23.4 Å². The van der Waals surface area contributed by atoms with E-state index in [2.05, 4.69) is 9.97 Å². The van der Waals surface area contributed by atoms with Gasteiger partial charge in [-0.3, -0.25) is 4.90 Å². The van der Waals surface area contributed by atoms with Crippen LogP contribution in [0.25, 0.3) is 11.1 Å². The van der Waals surface area contributed by atoms with Crippen LogP contribution >= 0.6 is 11.6 Å². The van der Waals surface area contributed by atoms with E-state index in [1.54, 1.807) is 36.7 Å². The molecule has 0 atom stereocenters. The van der Waals surface area contributed by atoms with E-state index < -0.39 is 22.9 Å². The fourth-order valence-corrected chi connectivity index (χ4v) is 2.60. The summed E-state index contributed by atoms with van der Waals surface area (Å²) < 4.78 is 44.2. The number of nitrogens with zero attached hydrogens (tertiary/aromatic N) is 3. The minimum atomic E-state index is -4.63. The van der Waals surface area contributed by atoms with Crippen molar-refractivity contribution in [2.45, 2.75) is 6.18 Å². The second-order valence-corrected chi connectivity index (χ2v) is 6.15. The maximum Gasteiger partial charge on any atom is 0.419 e. The minimum absolute atomic E-state index is 0.000204. The number of carbonyl (C=O) groups excluding carboxylic acids is 1. The highest BCUT2D eigenvalue weighted by Gasteiger charge is 2.34. The second kappa shape index (κ2) is 7.85. The number of hydrogen-bond acceptors (Lipinski definition) is 4. The van der Waals surface area contributed by atoms with Crippen LogP contribution in [0.5, 0.6) is 5.75 Å². The topological polar surface area (TPSA) is 55.3 Å². The van der Waals surface area contributed by atoms with Crippen molar-refractivity contribution in [2.24, 2.45) is 0 Å². The van der Waals surface area contributed by atoms with Crippen LogP contribution in [0.2, 0.25) is 5.02 Å². The molecule has 0 radical (unpaired) electrons. The molecule has 144 valence electrons. The lowest BCUT2D eigenvalue weighted by molar-refractivity contribution is -0.137. The third-order valence-electron chi connectivity index (χ3n) is 3.87. The van der Waals surface area contributed by atoms with Gasteiger partial charge in [-0.15, -0.1) is 0 Å². The van der Waals surface area contributed by atoms with E-state index in [4.69, 9.17) is 16.3 Å². The Balaban J connectivity index is 1.74. The summed E-state index contributed by atoms with van der Waals surface area (Å²) in [4.78, 5) is 21.1. The number of alkyl halides is 3. The first-order valence-corrected chi connectivity index (χ1v) is 8.31. The molecule has 3 rings (SSSR count). The van der Waals surface area contributed by atoms with Crippen molar-refractivity contribution in [3.05, 3.63) is 71.8 Å². The first-order valence-electron chi connectivity index (χ1n) is 7.93. The van der Waals surface area contributed by atoms with E-state index in [9.17, 15) is 18.0 Å². The predicted molar refractivity (Wildman–Crippen MR) is 98.3 cm³/mol. The molecule has 0 unspecified atom stereocenters. The van der Waals surface area contributed by atoms with E-state index in [1.165, 1.54) is 19.4 Å². The van der Waals surface area contributed by atoms with Crippen molar-refractivity contribution in [3.8, 4) is 16.9 Å². The number of rotatable bonds is 3. The summed E-state index contributed by atoms with van der Waals surface area (Å²) in [6.07, 6.45) is -0.780.